The molecule has 6 nitrogen and oxygen atoms in total. The Morgan fingerprint density at radius 1 is 0.963 bits per heavy atom. The predicted octanol–water partition coefficient (Wildman–Crippen LogP) is 4.12. The molecule has 0 spiro atoms. The normalized spacial score (nSPS) is 10.4. The van der Waals surface area contributed by atoms with Gasteiger partial charge in [-0.3, -0.25) is 9.59 Å². The van der Waals surface area contributed by atoms with Crippen molar-refractivity contribution < 1.29 is 14.3 Å². The van der Waals surface area contributed by atoms with Crippen LogP contribution in [-0.4, -0.2) is 25.0 Å². The summed E-state index contributed by atoms with van der Waals surface area (Å²) in [6, 6.07) is 14.5. The Bertz CT molecular complexity index is 758. The van der Waals surface area contributed by atoms with Crippen molar-refractivity contribution in [1.82, 2.24) is 0 Å². The molecule has 0 aliphatic heterocycles. The van der Waals surface area contributed by atoms with Crippen molar-refractivity contribution in [3.05, 3.63) is 48.5 Å². The zero-order chi connectivity index (χ0) is 19.6. The molecule has 2 aromatic rings. The van der Waals surface area contributed by atoms with Crippen LogP contribution in [0, 0.1) is 5.92 Å². The molecule has 0 heterocycles. The number of amides is 2. The molecule has 0 bridgehead atoms. The Hall–Kier alpha value is -3.02. The Morgan fingerprint density at radius 3 is 2.33 bits per heavy atom. The van der Waals surface area contributed by atoms with Gasteiger partial charge in [-0.15, -0.1) is 0 Å². The van der Waals surface area contributed by atoms with E-state index in [9.17, 15) is 9.59 Å². The van der Waals surface area contributed by atoms with Gasteiger partial charge < -0.3 is 20.7 Å². The molecule has 0 aliphatic rings. The Labute approximate surface area is 160 Å². The Morgan fingerprint density at radius 2 is 1.67 bits per heavy atom. The van der Waals surface area contributed by atoms with Gasteiger partial charge in [0.2, 0.25) is 11.8 Å². The number of benzene rings is 2. The molecule has 144 valence electrons. The first-order valence-corrected chi connectivity index (χ1v) is 9.06. The Balaban J connectivity index is 1.79. The smallest absolute Gasteiger partial charge is 0.243 e. The van der Waals surface area contributed by atoms with Crippen molar-refractivity contribution in [2.75, 3.05) is 29.1 Å². The molecule has 0 unspecified atom stereocenters. The summed E-state index contributed by atoms with van der Waals surface area (Å²) in [6.45, 7) is 6.58. The summed E-state index contributed by atoms with van der Waals surface area (Å²) in [7, 11) is 0. The van der Waals surface area contributed by atoms with Crippen LogP contribution in [-0.2, 0) is 9.59 Å². The fourth-order valence-electron chi connectivity index (χ4n) is 2.34. The van der Waals surface area contributed by atoms with Crippen molar-refractivity contribution in [3.8, 4) is 5.75 Å². The van der Waals surface area contributed by atoms with E-state index in [0.717, 1.165) is 17.9 Å². The maximum atomic E-state index is 12.1. The van der Waals surface area contributed by atoms with Gasteiger partial charge in [0.15, 0.2) is 0 Å². The molecule has 0 aromatic heterocycles. The van der Waals surface area contributed by atoms with Crippen LogP contribution in [0.2, 0.25) is 0 Å². The number of carbonyl (C=O) groups excluding carboxylic acids is 2. The molecule has 27 heavy (non-hydrogen) atoms. The molecular weight excluding hydrogens is 342 g/mol. The zero-order valence-electron chi connectivity index (χ0n) is 16.0. The van der Waals surface area contributed by atoms with Gasteiger partial charge in [-0.2, -0.15) is 0 Å². The second kappa shape index (κ2) is 10.2. The maximum Gasteiger partial charge on any atom is 0.243 e. The fraction of sp³-hybridized carbons (Fsp3) is 0.333. The number of hydrogen-bond acceptors (Lipinski definition) is 4. The third-order valence-electron chi connectivity index (χ3n) is 3.74. The summed E-state index contributed by atoms with van der Waals surface area (Å²) < 4.78 is 5.67. The Kier molecular flexibility index (Phi) is 7.67. The average molecular weight is 369 g/mol. The summed E-state index contributed by atoms with van der Waals surface area (Å²) in [6.07, 6.45) is 1.01. The van der Waals surface area contributed by atoms with Crippen molar-refractivity contribution >= 4 is 28.9 Å². The van der Waals surface area contributed by atoms with Crippen LogP contribution >= 0.6 is 0 Å². The number of carbonyl (C=O) groups is 2. The van der Waals surface area contributed by atoms with Gasteiger partial charge in [0, 0.05) is 24.0 Å². The lowest BCUT2D eigenvalue weighted by Crippen LogP contribution is -2.21. The predicted molar refractivity (Wildman–Crippen MR) is 109 cm³/mol. The highest BCUT2D eigenvalue weighted by molar-refractivity contribution is 5.94. The van der Waals surface area contributed by atoms with Crippen LogP contribution in [0.3, 0.4) is 0 Å². The average Bonchev–Trinajstić information content (AvgIpc) is 2.61. The minimum atomic E-state index is -0.159. The minimum Gasteiger partial charge on any atom is -0.494 e. The monoisotopic (exact) mass is 369 g/mol. The zero-order valence-corrected chi connectivity index (χ0v) is 16.0. The second-order valence-corrected chi connectivity index (χ2v) is 6.72. The first kappa shape index (κ1) is 20.3. The molecular formula is C21H27N3O3. The number of rotatable bonds is 9. The highest BCUT2D eigenvalue weighted by Crippen LogP contribution is 2.17. The molecule has 3 N–H and O–H groups in total. The van der Waals surface area contributed by atoms with Gasteiger partial charge in [0.05, 0.1) is 13.2 Å². The maximum absolute atomic E-state index is 12.1. The molecule has 0 saturated carbocycles. The van der Waals surface area contributed by atoms with Gasteiger partial charge in [-0.1, -0.05) is 19.9 Å². The molecule has 0 aliphatic carbocycles. The lowest BCUT2D eigenvalue weighted by atomic mass is 10.1. The molecule has 0 atom stereocenters. The molecule has 2 rings (SSSR count). The van der Waals surface area contributed by atoms with E-state index in [1.54, 1.807) is 12.1 Å². The van der Waals surface area contributed by atoms with Gasteiger partial charge in [0.1, 0.15) is 5.75 Å². The first-order chi connectivity index (χ1) is 12.9. The quantitative estimate of drug-likeness (QED) is 0.621. The van der Waals surface area contributed by atoms with E-state index in [-0.39, 0.29) is 18.4 Å². The first-order valence-electron chi connectivity index (χ1n) is 9.06. The number of nitrogens with one attached hydrogen (secondary N) is 3. The van der Waals surface area contributed by atoms with Crippen LogP contribution < -0.4 is 20.7 Å². The van der Waals surface area contributed by atoms with Crippen LogP contribution in [0.1, 0.15) is 27.2 Å². The van der Waals surface area contributed by atoms with E-state index in [2.05, 4.69) is 29.8 Å². The van der Waals surface area contributed by atoms with E-state index in [1.807, 2.05) is 36.4 Å². The van der Waals surface area contributed by atoms with Crippen LogP contribution in [0.5, 0.6) is 5.75 Å². The third-order valence-corrected chi connectivity index (χ3v) is 3.74. The van der Waals surface area contributed by atoms with Crippen molar-refractivity contribution in [1.29, 1.82) is 0 Å². The van der Waals surface area contributed by atoms with Gasteiger partial charge in [-0.25, -0.2) is 0 Å². The summed E-state index contributed by atoms with van der Waals surface area (Å²) in [5.41, 5.74) is 2.15. The van der Waals surface area contributed by atoms with Crippen LogP contribution in [0.15, 0.2) is 48.5 Å². The lowest BCUT2D eigenvalue weighted by molar-refractivity contribution is -0.115. The highest BCUT2D eigenvalue weighted by atomic mass is 16.5. The molecule has 0 saturated heterocycles. The van der Waals surface area contributed by atoms with Crippen molar-refractivity contribution in [2.24, 2.45) is 5.92 Å². The van der Waals surface area contributed by atoms with Gasteiger partial charge >= 0.3 is 0 Å². The highest BCUT2D eigenvalue weighted by Gasteiger charge is 2.04. The van der Waals surface area contributed by atoms with Gasteiger partial charge in [0.25, 0.3) is 0 Å². The molecule has 2 amide bonds. The summed E-state index contributed by atoms with van der Waals surface area (Å²) >= 11 is 0. The van der Waals surface area contributed by atoms with Crippen LogP contribution in [0.25, 0.3) is 0 Å². The minimum absolute atomic E-state index is 0.121. The molecule has 0 radical (unpaired) electrons. The van der Waals surface area contributed by atoms with E-state index in [1.165, 1.54) is 6.92 Å². The summed E-state index contributed by atoms with van der Waals surface area (Å²) in [4.78, 5) is 23.2. The fourth-order valence-corrected chi connectivity index (χ4v) is 2.34. The number of anilines is 3. The van der Waals surface area contributed by atoms with E-state index >= 15 is 0 Å². The van der Waals surface area contributed by atoms with Crippen molar-refractivity contribution in [3.63, 3.8) is 0 Å². The van der Waals surface area contributed by atoms with Crippen LogP contribution in [0.4, 0.5) is 17.1 Å². The van der Waals surface area contributed by atoms with E-state index < -0.39 is 0 Å². The van der Waals surface area contributed by atoms with E-state index in [0.29, 0.717) is 23.9 Å². The standard InChI is InChI=1S/C21H27N3O3/c1-15(2)11-12-27-20-9-7-17(8-10-20)24-21(26)14-22-18-5-4-6-19(13-18)23-16(3)25/h4-10,13,15,22H,11-12,14H2,1-3H3,(H,23,25)(H,24,26). The topological polar surface area (TPSA) is 79.5 Å². The SMILES string of the molecule is CC(=O)Nc1cccc(NCC(=O)Nc2ccc(OCCC(C)C)cc2)c1. The lowest BCUT2D eigenvalue weighted by Gasteiger charge is -2.11. The van der Waals surface area contributed by atoms with Crippen molar-refractivity contribution in [2.45, 2.75) is 27.2 Å². The number of ether oxygens (including phenoxy) is 1. The third kappa shape index (κ3) is 7.81. The molecule has 2 aromatic carbocycles. The van der Waals surface area contributed by atoms with Gasteiger partial charge in [-0.05, 0) is 54.8 Å². The summed E-state index contributed by atoms with van der Waals surface area (Å²) in [5, 5.41) is 8.58. The van der Waals surface area contributed by atoms with E-state index in [4.69, 9.17) is 4.74 Å². The summed E-state index contributed by atoms with van der Waals surface area (Å²) in [5.74, 6) is 1.10. The number of hydrogen-bond donors (Lipinski definition) is 3. The second-order valence-electron chi connectivity index (χ2n) is 6.72. The largest absolute Gasteiger partial charge is 0.494 e. The molecule has 6 heteroatoms. The molecule has 0 fully saturated rings.